The van der Waals surface area contributed by atoms with E-state index in [4.69, 9.17) is 25.2 Å². The molecule has 0 saturated carbocycles. The number of carbonyl (C=O) groups is 1. The quantitative estimate of drug-likeness (QED) is 0.275. The minimum atomic E-state index is -1.06. The second-order valence-electron chi connectivity index (χ2n) is 12.2. The normalized spacial score (nSPS) is 19.9. The molecule has 2 N–H and O–H groups in total. The summed E-state index contributed by atoms with van der Waals surface area (Å²) in [6.45, 7) is 5.79. The Balaban J connectivity index is 1.39. The van der Waals surface area contributed by atoms with Crippen molar-refractivity contribution in [3.63, 3.8) is 0 Å². The van der Waals surface area contributed by atoms with E-state index in [1.54, 1.807) is 6.07 Å². The molecule has 0 radical (unpaired) electrons. The summed E-state index contributed by atoms with van der Waals surface area (Å²) in [5, 5.41) is 10.5. The number of thiazole rings is 1. The number of hydrogen-bond acceptors (Lipinski definition) is 11. The maximum Gasteiger partial charge on any atom is 0.319 e. The van der Waals surface area contributed by atoms with Gasteiger partial charge in [0, 0.05) is 36.8 Å². The molecule has 4 aromatic rings. The Bertz CT molecular complexity index is 1950. The van der Waals surface area contributed by atoms with E-state index in [-0.39, 0.29) is 42.5 Å². The van der Waals surface area contributed by atoms with Crippen LogP contribution in [0.3, 0.4) is 0 Å². The molecule has 11 nitrogen and oxygen atoms in total. The molecule has 0 bridgehead atoms. The molecule has 2 saturated heterocycles. The lowest BCUT2D eigenvalue weighted by Gasteiger charge is -2.41. The van der Waals surface area contributed by atoms with Crippen molar-refractivity contribution in [3.8, 4) is 29.0 Å². The molecule has 3 aliphatic rings. The number of carbonyl (C=O) groups excluding carboxylic acids is 1. The second-order valence-corrected chi connectivity index (χ2v) is 13.2. The molecule has 0 unspecified atom stereocenters. The van der Waals surface area contributed by atoms with Gasteiger partial charge in [-0.25, -0.2) is 13.8 Å². The fraction of sp³-hybridized carbons (Fsp3) is 0.424. The number of likely N-dealkylation sites (N-methyl/N-ethyl adjacent to an activating group) is 1. The predicted octanol–water partition coefficient (Wildman–Crippen LogP) is 4.84. The Morgan fingerprint density at radius 1 is 1.21 bits per heavy atom. The van der Waals surface area contributed by atoms with Crippen LogP contribution in [0, 0.1) is 17.1 Å². The molecule has 0 aliphatic carbocycles. The van der Waals surface area contributed by atoms with Gasteiger partial charge in [0.15, 0.2) is 11.0 Å². The minimum Gasteiger partial charge on any atom is -0.492 e. The van der Waals surface area contributed by atoms with E-state index in [1.807, 2.05) is 11.0 Å². The number of nitrogens with zero attached hydrogens (tertiary/aromatic N) is 7. The van der Waals surface area contributed by atoms with Crippen molar-refractivity contribution in [2.24, 2.45) is 0 Å². The van der Waals surface area contributed by atoms with Gasteiger partial charge in [-0.3, -0.25) is 4.79 Å². The molecule has 14 heteroatoms. The van der Waals surface area contributed by atoms with Gasteiger partial charge in [-0.05, 0) is 63.0 Å². The van der Waals surface area contributed by atoms with Crippen LogP contribution in [0.5, 0.6) is 11.8 Å². The van der Waals surface area contributed by atoms with E-state index >= 15 is 0 Å². The van der Waals surface area contributed by atoms with Gasteiger partial charge in [-0.2, -0.15) is 15.2 Å². The van der Waals surface area contributed by atoms with E-state index in [0.29, 0.717) is 58.9 Å². The highest BCUT2D eigenvalue weighted by Crippen LogP contribution is 2.46. The molecule has 3 aliphatic heterocycles. The summed E-state index contributed by atoms with van der Waals surface area (Å²) < 4.78 is 41.8. The number of piperazine rings is 1. The molecule has 7 rings (SSSR count). The van der Waals surface area contributed by atoms with Crippen molar-refractivity contribution in [1.29, 1.82) is 5.26 Å². The summed E-state index contributed by atoms with van der Waals surface area (Å²) in [5.41, 5.74) is 9.53. The van der Waals surface area contributed by atoms with Crippen molar-refractivity contribution in [3.05, 3.63) is 42.0 Å². The van der Waals surface area contributed by atoms with Crippen LogP contribution in [0.1, 0.15) is 31.2 Å². The van der Waals surface area contributed by atoms with Crippen molar-refractivity contribution >= 4 is 49.3 Å². The monoisotopic (exact) mass is 660 g/mol. The van der Waals surface area contributed by atoms with E-state index in [2.05, 4.69) is 29.6 Å². The molecule has 2 aromatic heterocycles. The molecular formula is C33H34F2N8O3S. The number of nitrogens with two attached hydrogens (primary N) is 1. The number of rotatable bonds is 7. The third-order valence-electron chi connectivity index (χ3n) is 9.30. The number of anilines is 2. The Hall–Kier alpha value is -4.61. The first-order chi connectivity index (χ1) is 22.7. The fourth-order valence-corrected chi connectivity index (χ4v) is 7.71. The summed E-state index contributed by atoms with van der Waals surface area (Å²) >= 11 is 1.10. The highest BCUT2D eigenvalue weighted by atomic mass is 32.1. The van der Waals surface area contributed by atoms with E-state index in [9.17, 15) is 18.8 Å². The van der Waals surface area contributed by atoms with Gasteiger partial charge in [-0.15, -0.1) is 0 Å². The number of amides is 1. The highest BCUT2D eigenvalue weighted by molar-refractivity contribution is 7.22. The largest absolute Gasteiger partial charge is 0.492 e. The number of fused-ring (bicyclic) bond motifs is 4. The van der Waals surface area contributed by atoms with Crippen LogP contribution < -0.4 is 20.1 Å². The van der Waals surface area contributed by atoms with Crippen molar-refractivity contribution in [2.75, 3.05) is 57.1 Å². The van der Waals surface area contributed by atoms with Gasteiger partial charge in [0.2, 0.25) is 0 Å². The number of benzene rings is 2. The minimum absolute atomic E-state index is 0.00595. The molecule has 2 aromatic carbocycles. The first kappa shape index (κ1) is 31.0. The number of aromatic nitrogens is 3. The molecule has 2 fully saturated rings. The Kier molecular flexibility index (Phi) is 8.27. The number of hydrogen-bond donors (Lipinski definition) is 1. The molecule has 0 spiro atoms. The van der Waals surface area contributed by atoms with Gasteiger partial charge in [0.05, 0.1) is 46.3 Å². The van der Waals surface area contributed by atoms with Gasteiger partial charge in [-0.1, -0.05) is 17.9 Å². The van der Waals surface area contributed by atoms with E-state index < -0.39 is 17.8 Å². The van der Waals surface area contributed by atoms with Crippen molar-refractivity contribution in [1.82, 2.24) is 24.8 Å². The van der Waals surface area contributed by atoms with Crippen LogP contribution in [0.2, 0.25) is 0 Å². The van der Waals surface area contributed by atoms with Gasteiger partial charge < -0.3 is 29.9 Å². The number of nitrogen functional groups attached to an aromatic ring is 1. The van der Waals surface area contributed by atoms with Gasteiger partial charge in [0.1, 0.15) is 24.0 Å². The van der Waals surface area contributed by atoms with E-state index in [1.165, 1.54) is 11.0 Å². The lowest BCUT2D eigenvalue weighted by Crippen LogP contribution is -2.55. The third-order valence-corrected chi connectivity index (χ3v) is 10.2. The zero-order chi connectivity index (χ0) is 32.8. The van der Waals surface area contributed by atoms with Crippen molar-refractivity contribution < 1.29 is 23.0 Å². The lowest BCUT2D eigenvalue weighted by atomic mass is 9.91. The number of nitriles is 1. The van der Waals surface area contributed by atoms with Crippen LogP contribution in [0.15, 0.2) is 30.6 Å². The number of halogens is 2. The number of likely N-dealkylation sites (tertiary alicyclic amines) is 1. The molecular weight excluding hydrogens is 626 g/mol. The first-order valence-corrected chi connectivity index (χ1v) is 16.5. The molecule has 47 heavy (non-hydrogen) atoms. The summed E-state index contributed by atoms with van der Waals surface area (Å²) in [6, 6.07) is 7.04. The van der Waals surface area contributed by atoms with Crippen molar-refractivity contribution in [2.45, 2.75) is 44.2 Å². The maximum absolute atomic E-state index is 14.8. The second kappa shape index (κ2) is 12.5. The van der Waals surface area contributed by atoms with Crippen LogP contribution in [0.4, 0.5) is 19.7 Å². The van der Waals surface area contributed by atoms with Crippen LogP contribution >= 0.6 is 11.3 Å². The zero-order valence-corrected chi connectivity index (χ0v) is 26.8. The molecule has 5 heterocycles. The lowest BCUT2D eigenvalue weighted by molar-refractivity contribution is -0.131. The maximum atomic E-state index is 14.8. The average molecular weight is 661 g/mol. The Morgan fingerprint density at radius 3 is 2.83 bits per heavy atom. The first-order valence-electron chi connectivity index (χ1n) is 15.7. The van der Waals surface area contributed by atoms with Gasteiger partial charge >= 0.3 is 6.01 Å². The molecule has 2 atom stereocenters. The summed E-state index contributed by atoms with van der Waals surface area (Å²) in [6.07, 6.45) is 3.57. The SMILES string of the molecule is C=C(F)C(=O)N1CCN(c2nc(OC[C@@H]3CCCN3C)nc3cc(-c4ccc(F)c5sc(N)nc45)c4c(c23)OCCC4)C[C@@H]1CC#N. The molecule has 244 valence electrons. The predicted molar refractivity (Wildman–Crippen MR) is 176 cm³/mol. The van der Waals surface area contributed by atoms with E-state index in [0.717, 1.165) is 53.8 Å². The Labute approximate surface area is 274 Å². The van der Waals surface area contributed by atoms with Crippen LogP contribution in [0.25, 0.3) is 32.2 Å². The number of ether oxygens (including phenoxy) is 2. The average Bonchev–Trinajstić information content (AvgIpc) is 3.67. The standard InChI is InChI=1S/C33H34F2N8O3S/c1-18(34)31(44)43-13-12-42(16-19(43)9-10-36)30-26-25(38-33(40-30)46-17-20-5-3-11-41(20)2)15-23(22-6-4-14-45-28(22)26)21-7-8-24(35)29-27(21)39-32(37)47-29/h7-8,15,19-20H,1,3-6,9,11-14,16-17H2,2H3,(H2,37,39)/t19-,20-/m0/s1. The topological polar surface area (TPSA) is 134 Å². The smallest absolute Gasteiger partial charge is 0.319 e. The molecule has 1 amide bonds. The fourth-order valence-electron chi connectivity index (χ4n) is 6.95. The summed E-state index contributed by atoms with van der Waals surface area (Å²) in [5.74, 6) is -1.10. The summed E-state index contributed by atoms with van der Waals surface area (Å²) in [4.78, 5) is 32.5. The third kappa shape index (κ3) is 5.67. The van der Waals surface area contributed by atoms with Gasteiger partial charge in [0.25, 0.3) is 5.91 Å². The van der Waals surface area contributed by atoms with Crippen LogP contribution in [-0.2, 0) is 11.2 Å². The van der Waals surface area contributed by atoms with Crippen LogP contribution in [-0.4, -0.2) is 89.2 Å². The Morgan fingerprint density at radius 2 is 2.06 bits per heavy atom. The highest BCUT2D eigenvalue weighted by Gasteiger charge is 2.35. The zero-order valence-electron chi connectivity index (χ0n) is 26.0. The summed E-state index contributed by atoms with van der Waals surface area (Å²) in [7, 11) is 2.07.